The molecule has 2 aromatic rings. The van der Waals surface area contributed by atoms with E-state index in [0.29, 0.717) is 11.6 Å². The summed E-state index contributed by atoms with van der Waals surface area (Å²) < 4.78 is 0. The summed E-state index contributed by atoms with van der Waals surface area (Å²) in [7, 11) is 0. The average Bonchev–Trinajstić information content (AvgIpc) is 2.77. The van der Waals surface area contributed by atoms with Gasteiger partial charge in [-0.15, -0.1) is 11.3 Å². The molecule has 16 heavy (non-hydrogen) atoms. The summed E-state index contributed by atoms with van der Waals surface area (Å²) in [5.74, 6) is 0.542. The molecular weight excluding hydrogens is 216 g/mol. The normalized spacial score (nSPS) is 10.4. The quantitative estimate of drug-likeness (QED) is 0.783. The zero-order valence-electron chi connectivity index (χ0n) is 9.27. The molecule has 0 saturated heterocycles. The number of hydrogen-bond acceptors (Lipinski definition) is 3. The highest BCUT2D eigenvalue weighted by Gasteiger charge is 2.05. The molecule has 0 aliphatic rings. The molecule has 80 valence electrons. The lowest BCUT2D eigenvalue weighted by atomic mass is 10.0. The SMILES string of the molecule is CC(C)c1ccc(-c2nc(C#N)cs2)cc1. The van der Waals surface area contributed by atoms with Crippen molar-refractivity contribution in [2.75, 3.05) is 0 Å². The van der Waals surface area contributed by atoms with Crippen molar-refractivity contribution in [3.8, 4) is 16.6 Å². The maximum absolute atomic E-state index is 8.71. The fraction of sp³-hybridized carbons (Fsp3) is 0.231. The molecule has 1 aromatic carbocycles. The Morgan fingerprint density at radius 3 is 2.44 bits per heavy atom. The van der Waals surface area contributed by atoms with Crippen LogP contribution in [-0.2, 0) is 0 Å². The smallest absolute Gasteiger partial charge is 0.152 e. The van der Waals surface area contributed by atoms with Gasteiger partial charge >= 0.3 is 0 Å². The summed E-state index contributed by atoms with van der Waals surface area (Å²) in [5.41, 5.74) is 2.89. The molecule has 0 N–H and O–H groups in total. The van der Waals surface area contributed by atoms with E-state index in [1.165, 1.54) is 16.9 Å². The molecule has 2 nitrogen and oxygen atoms in total. The first-order valence-electron chi connectivity index (χ1n) is 5.16. The van der Waals surface area contributed by atoms with Crippen LogP contribution < -0.4 is 0 Å². The lowest BCUT2D eigenvalue weighted by Gasteiger charge is -2.05. The minimum atomic E-state index is 0.493. The maximum Gasteiger partial charge on any atom is 0.152 e. The number of thiazole rings is 1. The van der Waals surface area contributed by atoms with Crippen molar-refractivity contribution in [2.24, 2.45) is 0 Å². The Labute approximate surface area is 99.2 Å². The second-order valence-electron chi connectivity index (χ2n) is 3.93. The molecule has 0 bridgehead atoms. The van der Waals surface area contributed by atoms with E-state index in [0.717, 1.165) is 10.6 Å². The Bertz CT molecular complexity index is 518. The van der Waals surface area contributed by atoms with Crippen LogP contribution in [0.3, 0.4) is 0 Å². The van der Waals surface area contributed by atoms with Crippen molar-refractivity contribution in [3.63, 3.8) is 0 Å². The number of hydrogen-bond donors (Lipinski definition) is 0. The minimum Gasteiger partial charge on any atom is -0.225 e. The molecular formula is C13H12N2S. The van der Waals surface area contributed by atoms with Gasteiger partial charge in [0.1, 0.15) is 11.1 Å². The van der Waals surface area contributed by atoms with Gasteiger partial charge in [-0.2, -0.15) is 5.26 Å². The highest BCUT2D eigenvalue weighted by atomic mass is 32.1. The van der Waals surface area contributed by atoms with E-state index >= 15 is 0 Å². The molecule has 0 aliphatic heterocycles. The molecule has 1 heterocycles. The highest BCUT2D eigenvalue weighted by molar-refractivity contribution is 7.13. The molecule has 0 unspecified atom stereocenters. The second kappa shape index (κ2) is 4.46. The summed E-state index contributed by atoms with van der Waals surface area (Å²) in [6.45, 7) is 4.35. The van der Waals surface area contributed by atoms with Gasteiger partial charge in [0, 0.05) is 10.9 Å². The van der Waals surface area contributed by atoms with Crippen LogP contribution in [0.5, 0.6) is 0 Å². The van der Waals surface area contributed by atoms with Crippen molar-refractivity contribution in [1.82, 2.24) is 4.98 Å². The van der Waals surface area contributed by atoms with Crippen molar-refractivity contribution >= 4 is 11.3 Å². The summed E-state index contributed by atoms with van der Waals surface area (Å²) in [6.07, 6.45) is 0. The molecule has 2 rings (SSSR count). The fourth-order valence-corrected chi connectivity index (χ4v) is 2.22. The zero-order chi connectivity index (χ0) is 11.5. The summed E-state index contributed by atoms with van der Waals surface area (Å²) in [6, 6.07) is 10.4. The number of aromatic nitrogens is 1. The Kier molecular flexibility index (Phi) is 3.02. The van der Waals surface area contributed by atoms with Gasteiger partial charge in [0.2, 0.25) is 0 Å². The van der Waals surface area contributed by atoms with Crippen molar-refractivity contribution < 1.29 is 0 Å². The average molecular weight is 228 g/mol. The number of nitrogens with zero attached hydrogens (tertiary/aromatic N) is 2. The first kappa shape index (κ1) is 10.8. The van der Waals surface area contributed by atoms with Gasteiger partial charge in [-0.25, -0.2) is 4.98 Å². The standard InChI is InChI=1S/C13H12N2S/c1-9(2)10-3-5-11(6-4-10)13-15-12(7-14)8-16-13/h3-6,8-9H,1-2H3. The van der Waals surface area contributed by atoms with E-state index in [1.807, 2.05) is 6.07 Å². The molecule has 0 aliphatic carbocycles. The van der Waals surface area contributed by atoms with Crippen LogP contribution in [0.4, 0.5) is 0 Å². The molecule has 0 fully saturated rings. The van der Waals surface area contributed by atoms with Crippen LogP contribution in [0.1, 0.15) is 31.0 Å². The first-order chi connectivity index (χ1) is 7.70. The van der Waals surface area contributed by atoms with Gasteiger partial charge in [-0.3, -0.25) is 0 Å². The van der Waals surface area contributed by atoms with Crippen molar-refractivity contribution in [1.29, 1.82) is 5.26 Å². The Morgan fingerprint density at radius 2 is 1.94 bits per heavy atom. The highest BCUT2D eigenvalue weighted by Crippen LogP contribution is 2.25. The van der Waals surface area contributed by atoms with Gasteiger partial charge < -0.3 is 0 Å². The predicted molar refractivity (Wildman–Crippen MR) is 66.4 cm³/mol. The predicted octanol–water partition coefficient (Wildman–Crippen LogP) is 3.81. The molecule has 1 aromatic heterocycles. The zero-order valence-corrected chi connectivity index (χ0v) is 10.1. The van der Waals surface area contributed by atoms with Crippen LogP contribution in [0.2, 0.25) is 0 Å². The van der Waals surface area contributed by atoms with Gasteiger partial charge in [0.25, 0.3) is 0 Å². The van der Waals surface area contributed by atoms with E-state index in [-0.39, 0.29) is 0 Å². The monoisotopic (exact) mass is 228 g/mol. The van der Waals surface area contributed by atoms with E-state index in [1.54, 1.807) is 5.38 Å². The summed E-state index contributed by atoms with van der Waals surface area (Å²) >= 11 is 1.51. The van der Waals surface area contributed by atoms with Gasteiger partial charge in [0.05, 0.1) is 0 Å². The van der Waals surface area contributed by atoms with Gasteiger partial charge in [-0.1, -0.05) is 38.1 Å². The van der Waals surface area contributed by atoms with Crippen LogP contribution in [0, 0.1) is 11.3 Å². The third kappa shape index (κ3) is 2.12. The maximum atomic E-state index is 8.71. The summed E-state index contributed by atoms with van der Waals surface area (Å²) in [5, 5.41) is 11.4. The summed E-state index contributed by atoms with van der Waals surface area (Å²) in [4.78, 5) is 4.23. The molecule has 0 amide bonds. The largest absolute Gasteiger partial charge is 0.225 e. The molecule has 0 atom stereocenters. The minimum absolute atomic E-state index is 0.493. The third-order valence-corrected chi connectivity index (χ3v) is 3.33. The van der Waals surface area contributed by atoms with Crippen LogP contribution in [0.15, 0.2) is 29.6 Å². The lowest BCUT2D eigenvalue weighted by Crippen LogP contribution is -1.86. The Morgan fingerprint density at radius 1 is 1.25 bits per heavy atom. The fourth-order valence-electron chi connectivity index (χ4n) is 1.47. The first-order valence-corrected chi connectivity index (χ1v) is 6.04. The van der Waals surface area contributed by atoms with Gasteiger partial charge in [-0.05, 0) is 11.5 Å². The third-order valence-electron chi connectivity index (χ3n) is 2.44. The van der Waals surface area contributed by atoms with E-state index < -0.39 is 0 Å². The second-order valence-corrected chi connectivity index (χ2v) is 4.78. The van der Waals surface area contributed by atoms with Crippen LogP contribution in [0.25, 0.3) is 10.6 Å². The molecule has 0 spiro atoms. The molecule has 3 heteroatoms. The van der Waals surface area contributed by atoms with E-state index in [4.69, 9.17) is 5.26 Å². The number of nitriles is 1. The van der Waals surface area contributed by atoms with Crippen molar-refractivity contribution in [2.45, 2.75) is 19.8 Å². The number of benzene rings is 1. The van der Waals surface area contributed by atoms with Gasteiger partial charge in [0.15, 0.2) is 5.69 Å². The van der Waals surface area contributed by atoms with Crippen LogP contribution >= 0.6 is 11.3 Å². The molecule has 0 saturated carbocycles. The van der Waals surface area contributed by atoms with E-state index in [9.17, 15) is 0 Å². The van der Waals surface area contributed by atoms with Crippen LogP contribution in [-0.4, -0.2) is 4.98 Å². The number of rotatable bonds is 2. The Hall–Kier alpha value is -1.66. The molecule has 0 radical (unpaired) electrons. The topological polar surface area (TPSA) is 36.7 Å². The van der Waals surface area contributed by atoms with E-state index in [2.05, 4.69) is 43.1 Å². The Balaban J connectivity index is 2.31. The lowest BCUT2D eigenvalue weighted by molar-refractivity contribution is 0.867. The van der Waals surface area contributed by atoms with Crippen molar-refractivity contribution in [3.05, 3.63) is 40.9 Å².